The fourth-order valence-corrected chi connectivity index (χ4v) is 2.40. The lowest BCUT2D eigenvalue weighted by molar-refractivity contribution is -0.136. The van der Waals surface area contributed by atoms with Crippen LogP contribution in [0.4, 0.5) is 13.2 Å². The number of nitrogens with zero attached hydrogens (tertiary/aromatic N) is 3. The van der Waals surface area contributed by atoms with Crippen LogP contribution < -0.4 is 0 Å². The van der Waals surface area contributed by atoms with Crippen molar-refractivity contribution in [2.45, 2.75) is 19.5 Å². The van der Waals surface area contributed by atoms with E-state index < -0.39 is 11.7 Å². The van der Waals surface area contributed by atoms with Gasteiger partial charge in [0.25, 0.3) is 0 Å². The quantitative estimate of drug-likeness (QED) is 0.785. The number of aryl methyl sites for hydroxylation is 1. The van der Waals surface area contributed by atoms with E-state index in [1.807, 2.05) is 0 Å². The van der Waals surface area contributed by atoms with Gasteiger partial charge in [0.2, 0.25) is 0 Å². The molecule has 22 heavy (non-hydrogen) atoms. The number of phenolic OH excluding ortho intramolecular Hbond substituents is 1. The van der Waals surface area contributed by atoms with Crippen LogP contribution in [0.5, 0.6) is 5.75 Å². The third kappa shape index (κ3) is 2.28. The Morgan fingerprint density at radius 3 is 2.64 bits per heavy atom. The van der Waals surface area contributed by atoms with Gasteiger partial charge in [0, 0.05) is 11.8 Å². The summed E-state index contributed by atoms with van der Waals surface area (Å²) in [6.45, 7) is 1.81. The van der Waals surface area contributed by atoms with E-state index in [0.717, 1.165) is 12.3 Å². The molecule has 0 bridgehead atoms. The molecule has 4 nitrogen and oxygen atoms in total. The SMILES string of the molecule is CCc1nc2c(C(F)(F)F)ccnn2c1-c1cccc(O)c1. The summed E-state index contributed by atoms with van der Waals surface area (Å²) in [7, 11) is 0. The summed E-state index contributed by atoms with van der Waals surface area (Å²) in [4.78, 5) is 4.10. The number of aromatic nitrogens is 3. The van der Waals surface area contributed by atoms with Crippen LogP contribution in [0.25, 0.3) is 16.9 Å². The first-order valence-corrected chi connectivity index (χ1v) is 6.65. The second-order valence-corrected chi connectivity index (χ2v) is 4.79. The number of fused-ring (bicyclic) bond motifs is 1. The highest BCUT2D eigenvalue weighted by atomic mass is 19.4. The summed E-state index contributed by atoms with van der Waals surface area (Å²) in [6, 6.07) is 7.20. The van der Waals surface area contributed by atoms with Gasteiger partial charge in [-0.2, -0.15) is 18.3 Å². The summed E-state index contributed by atoms with van der Waals surface area (Å²) in [5, 5.41) is 13.6. The summed E-state index contributed by atoms with van der Waals surface area (Å²) < 4.78 is 40.5. The maximum absolute atomic E-state index is 13.1. The maximum atomic E-state index is 13.1. The minimum Gasteiger partial charge on any atom is -0.508 e. The number of hydrogen-bond acceptors (Lipinski definition) is 3. The molecule has 1 N–H and O–H groups in total. The van der Waals surface area contributed by atoms with Crippen LogP contribution >= 0.6 is 0 Å². The van der Waals surface area contributed by atoms with E-state index in [4.69, 9.17) is 0 Å². The molecule has 114 valence electrons. The van der Waals surface area contributed by atoms with E-state index >= 15 is 0 Å². The smallest absolute Gasteiger partial charge is 0.420 e. The van der Waals surface area contributed by atoms with Crippen LogP contribution in [0.2, 0.25) is 0 Å². The van der Waals surface area contributed by atoms with Crippen LogP contribution in [0, 0.1) is 0 Å². The average Bonchev–Trinajstić information content (AvgIpc) is 2.84. The van der Waals surface area contributed by atoms with E-state index in [1.165, 1.54) is 16.6 Å². The van der Waals surface area contributed by atoms with Gasteiger partial charge in [-0.15, -0.1) is 0 Å². The van der Waals surface area contributed by atoms with Gasteiger partial charge in [0.1, 0.15) is 11.3 Å². The lowest BCUT2D eigenvalue weighted by atomic mass is 10.1. The molecule has 0 aliphatic carbocycles. The number of halogens is 3. The molecule has 0 atom stereocenters. The first-order valence-electron chi connectivity index (χ1n) is 6.65. The molecule has 0 aliphatic rings. The number of benzene rings is 1. The summed E-state index contributed by atoms with van der Waals surface area (Å²) in [5.41, 5.74) is 0.458. The highest BCUT2D eigenvalue weighted by Crippen LogP contribution is 2.35. The Balaban J connectivity index is 2.35. The standard InChI is InChI=1S/C15H12F3N3O/c1-2-12-13(9-4-3-5-10(22)8-9)21-14(20-12)11(6-7-19-21)15(16,17)18/h3-8,22H,2H2,1H3. The van der Waals surface area contributed by atoms with E-state index in [2.05, 4.69) is 10.1 Å². The first-order chi connectivity index (χ1) is 10.4. The molecular weight excluding hydrogens is 295 g/mol. The predicted octanol–water partition coefficient (Wildman–Crippen LogP) is 3.68. The second-order valence-electron chi connectivity index (χ2n) is 4.79. The third-order valence-corrected chi connectivity index (χ3v) is 3.35. The van der Waals surface area contributed by atoms with Gasteiger partial charge < -0.3 is 5.11 Å². The number of aromatic hydroxyl groups is 1. The molecule has 3 aromatic rings. The largest absolute Gasteiger partial charge is 0.508 e. The average molecular weight is 307 g/mol. The number of phenols is 1. The highest BCUT2D eigenvalue weighted by molar-refractivity contribution is 5.69. The van der Waals surface area contributed by atoms with E-state index in [1.54, 1.807) is 19.1 Å². The molecule has 0 aliphatic heterocycles. The summed E-state index contributed by atoms with van der Waals surface area (Å²) >= 11 is 0. The zero-order valence-electron chi connectivity index (χ0n) is 11.6. The zero-order valence-corrected chi connectivity index (χ0v) is 11.6. The van der Waals surface area contributed by atoms with E-state index in [0.29, 0.717) is 23.4 Å². The molecule has 7 heteroatoms. The number of rotatable bonds is 2. The summed E-state index contributed by atoms with van der Waals surface area (Å²) in [5.74, 6) is 0.0291. The van der Waals surface area contributed by atoms with Crippen molar-refractivity contribution in [1.29, 1.82) is 0 Å². The zero-order chi connectivity index (χ0) is 15.9. The van der Waals surface area contributed by atoms with Gasteiger partial charge in [0.05, 0.1) is 11.4 Å². The van der Waals surface area contributed by atoms with Crippen LogP contribution in [0.15, 0.2) is 36.5 Å². The van der Waals surface area contributed by atoms with Crippen molar-refractivity contribution in [1.82, 2.24) is 14.6 Å². The minimum atomic E-state index is -4.50. The molecule has 0 saturated heterocycles. The van der Waals surface area contributed by atoms with E-state index in [9.17, 15) is 18.3 Å². The van der Waals surface area contributed by atoms with Crippen molar-refractivity contribution in [3.05, 3.63) is 47.8 Å². The number of alkyl halides is 3. The normalized spacial score (nSPS) is 12.0. The molecular formula is C15H12F3N3O. The molecule has 1 aromatic carbocycles. The maximum Gasteiger partial charge on any atom is 0.420 e. The Labute approximate surface area is 123 Å². The lowest BCUT2D eigenvalue weighted by Crippen LogP contribution is -2.09. The van der Waals surface area contributed by atoms with Crippen LogP contribution in [-0.4, -0.2) is 19.7 Å². The van der Waals surface area contributed by atoms with Gasteiger partial charge in [-0.05, 0) is 24.6 Å². The Morgan fingerprint density at radius 1 is 1.23 bits per heavy atom. The Bertz CT molecular complexity index is 840. The monoisotopic (exact) mass is 307 g/mol. The first kappa shape index (κ1) is 14.4. The topological polar surface area (TPSA) is 50.4 Å². The van der Waals surface area contributed by atoms with E-state index in [-0.39, 0.29) is 11.4 Å². The van der Waals surface area contributed by atoms with Crippen molar-refractivity contribution in [2.75, 3.05) is 0 Å². The molecule has 0 radical (unpaired) electrons. The predicted molar refractivity (Wildman–Crippen MR) is 74.5 cm³/mol. The molecule has 3 rings (SSSR count). The number of hydrogen-bond donors (Lipinski definition) is 1. The molecule has 0 spiro atoms. The lowest BCUT2D eigenvalue weighted by Gasteiger charge is -2.08. The minimum absolute atomic E-state index is 0.0291. The van der Waals surface area contributed by atoms with Crippen molar-refractivity contribution >= 4 is 5.65 Å². The molecule has 2 aromatic heterocycles. The molecule has 0 saturated carbocycles. The van der Waals surface area contributed by atoms with Crippen molar-refractivity contribution in [3.8, 4) is 17.0 Å². The van der Waals surface area contributed by atoms with Crippen molar-refractivity contribution in [2.24, 2.45) is 0 Å². The second kappa shape index (κ2) is 5.01. The van der Waals surface area contributed by atoms with Gasteiger partial charge in [-0.3, -0.25) is 0 Å². The van der Waals surface area contributed by atoms with Crippen LogP contribution in [0.3, 0.4) is 0 Å². The molecule has 0 unspecified atom stereocenters. The van der Waals surface area contributed by atoms with Crippen LogP contribution in [0.1, 0.15) is 18.2 Å². The third-order valence-electron chi connectivity index (χ3n) is 3.35. The Morgan fingerprint density at radius 2 is 2.00 bits per heavy atom. The Hall–Kier alpha value is -2.57. The molecule has 0 fully saturated rings. The van der Waals surface area contributed by atoms with Crippen molar-refractivity contribution < 1.29 is 18.3 Å². The fraction of sp³-hybridized carbons (Fsp3) is 0.200. The summed E-state index contributed by atoms with van der Waals surface area (Å²) in [6.07, 6.45) is -2.95. The molecule has 2 heterocycles. The van der Waals surface area contributed by atoms with Gasteiger partial charge in [-0.1, -0.05) is 19.1 Å². The van der Waals surface area contributed by atoms with Crippen molar-refractivity contribution in [3.63, 3.8) is 0 Å². The van der Waals surface area contributed by atoms with Gasteiger partial charge in [0.15, 0.2) is 5.65 Å². The highest BCUT2D eigenvalue weighted by Gasteiger charge is 2.35. The fourth-order valence-electron chi connectivity index (χ4n) is 2.40. The number of imidazole rings is 1. The van der Waals surface area contributed by atoms with Gasteiger partial charge in [-0.25, -0.2) is 9.50 Å². The molecule has 0 amide bonds. The Kier molecular flexibility index (Phi) is 3.27. The van der Waals surface area contributed by atoms with Crippen LogP contribution in [-0.2, 0) is 12.6 Å². The van der Waals surface area contributed by atoms with Gasteiger partial charge >= 0.3 is 6.18 Å².